The van der Waals surface area contributed by atoms with Crippen LogP contribution in [0.1, 0.15) is 45.2 Å². The molecule has 2 aromatic carbocycles. The van der Waals surface area contributed by atoms with Crippen molar-refractivity contribution in [2.45, 2.75) is 38.6 Å². The van der Waals surface area contributed by atoms with Crippen molar-refractivity contribution in [1.82, 2.24) is 9.78 Å². The minimum absolute atomic E-state index is 0.112. The zero-order valence-electron chi connectivity index (χ0n) is 14.8. The van der Waals surface area contributed by atoms with E-state index in [1.165, 1.54) is 5.56 Å². The van der Waals surface area contributed by atoms with Crippen molar-refractivity contribution in [3.63, 3.8) is 0 Å². The molecule has 0 N–H and O–H groups in total. The number of ketones is 1. The third-order valence-electron chi connectivity index (χ3n) is 5.23. The Morgan fingerprint density at radius 2 is 1.81 bits per heavy atom. The fraction of sp³-hybridized carbons (Fsp3) is 0.273. The molecule has 0 spiro atoms. The van der Waals surface area contributed by atoms with Gasteiger partial charge in [0.05, 0.1) is 11.3 Å². The van der Waals surface area contributed by atoms with Crippen molar-refractivity contribution in [1.29, 1.82) is 0 Å². The lowest BCUT2D eigenvalue weighted by atomic mass is 9.82. The maximum absolute atomic E-state index is 12.8. The number of carbonyl (C=O) groups is 1. The van der Waals surface area contributed by atoms with Crippen molar-refractivity contribution < 1.29 is 4.79 Å². The third kappa shape index (κ3) is 3.19. The van der Waals surface area contributed by atoms with Crippen LogP contribution in [0.25, 0.3) is 0 Å². The summed E-state index contributed by atoms with van der Waals surface area (Å²) in [5.74, 6) is 0.292. The van der Waals surface area contributed by atoms with E-state index in [9.17, 15) is 4.79 Å². The molecule has 0 fully saturated rings. The van der Waals surface area contributed by atoms with E-state index in [0.29, 0.717) is 6.42 Å². The fourth-order valence-corrected chi connectivity index (χ4v) is 4.16. The number of fused-ring (bicyclic) bond motifs is 1. The quantitative estimate of drug-likeness (QED) is 0.653. The molecule has 0 radical (unpaired) electrons. The highest BCUT2D eigenvalue weighted by Gasteiger charge is 2.32. The fourth-order valence-electron chi connectivity index (χ4n) is 3.87. The average molecular weight is 365 g/mol. The lowest BCUT2D eigenvalue weighted by Crippen LogP contribution is -2.18. The van der Waals surface area contributed by atoms with Crippen LogP contribution in [-0.2, 0) is 19.4 Å². The van der Waals surface area contributed by atoms with Gasteiger partial charge in [-0.3, -0.25) is 9.48 Å². The standard InChI is InChI=1S/C22H21ClN2O/c1-15-22-20(24-25(15)12-11-16-7-3-2-4-8-16)13-17(14-21(22)26)18-9-5-6-10-19(18)23/h2-10,17H,11-14H2,1H3. The first-order chi connectivity index (χ1) is 12.6. The predicted molar refractivity (Wildman–Crippen MR) is 104 cm³/mol. The summed E-state index contributed by atoms with van der Waals surface area (Å²) in [6.45, 7) is 2.79. The lowest BCUT2D eigenvalue weighted by molar-refractivity contribution is 0.0963. The molecule has 1 aliphatic carbocycles. The van der Waals surface area contributed by atoms with Crippen LogP contribution in [0.15, 0.2) is 54.6 Å². The van der Waals surface area contributed by atoms with Crippen LogP contribution in [0.3, 0.4) is 0 Å². The van der Waals surface area contributed by atoms with Crippen LogP contribution in [0.2, 0.25) is 5.02 Å². The molecule has 1 atom stereocenters. The second kappa shape index (κ2) is 7.08. The third-order valence-corrected chi connectivity index (χ3v) is 5.57. The summed E-state index contributed by atoms with van der Waals surface area (Å²) >= 11 is 6.35. The molecular weight excluding hydrogens is 344 g/mol. The van der Waals surface area contributed by atoms with Gasteiger partial charge in [0.1, 0.15) is 0 Å². The topological polar surface area (TPSA) is 34.9 Å². The monoisotopic (exact) mass is 364 g/mol. The van der Waals surface area contributed by atoms with Gasteiger partial charge in [0.25, 0.3) is 0 Å². The minimum atomic E-state index is 0.112. The summed E-state index contributed by atoms with van der Waals surface area (Å²) < 4.78 is 1.99. The molecule has 1 heterocycles. The van der Waals surface area contributed by atoms with Crippen molar-refractivity contribution in [3.05, 3.63) is 87.7 Å². The molecule has 1 aliphatic rings. The maximum atomic E-state index is 12.8. The summed E-state index contributed by atoms with van der Waals surface area (Å²) in [7, 11) is 0. The number of aromatic nitrogens is 2. The normalized spacial score (nSPS) is 16.5. The highest BCUT2D eigenvalue weighted by atomic mass is 35.5. The molecule has 3 aromatic rings. The van der Waals surface area contributed by atoms with Gasteiger partial charge < -0.3 is 0 Å². The number of aryl methyl sites for hydroxylation is 2. The maximum Gasteiger partial charge on any atom is 0.167 e. The van der Waals surface area contributed by atoms with E-state index in [1.807, 2.05) is 54.1 Å². The van der Waals surface area contributed by atoms with Gasteiger partial charge in [-0.25, -0.2) is 0 Å². The van der Waals surface area contributed by atoms with Gasteiger partial charge in [0, 0.05) is 23.7 Å². The number of rotatable bonds is 4. The Kier molecular flexibility index (Phi) is 4.64. The molecule has 0 saturated carbocycles. The first kappa shape index (κ1) is 17.0. The number of benzene rings is 2. The number of halogens is 1. The lowest BCUT2D eigenvalue weighted by Gasteiger charge is -2.21. The SMILES string of the molecule is Cc1c2c(nn1CCc1ccccc1)CC(c1ccccc1Cl)CC2=O. The molecule has 4 rings (SSSR count). The molecule has 0 bridgehead atoms. The summed E-state index contributed by atoms with van der Waals surface area (Å²) in [6.07, 6.45) is 2.18. The summed E-state index contributed by atoms with van der Waals surface area (Å²) in [4.78, 5) is 12.8. The largest absolute Gasteiger partial charge is 0.294 e. The molecule has 26 heavy (non-hydrogen) atoms. The highest BCUT2D eigenvalue weighted by Crippen LogP contribution is 2.36. The molecule has 132 valence electrons. The molecule has 4 heteroatoms. The second-order valence-electron chi connectivity index (χ2n) is 6.92. The van der Waals surface area contributed by atoms with Crippen molar-refractivity contribution in [2.24, 2.45) is 0 Å². The molecule has 3 nitrogen and oxygen atoms in total. The first-order valence-corrected chi connectivity index (χ1v) is 9.39. The molecule has 0 saturated heterocycles. The zero-order valence-corrected chi connectivity index (χ0v) is 15.5. The number of hydrogen-bond donors (Lipinski definition) is 0. The smallest absolute Gasteiger partial charge is 0.167 e. The predicted octanol–water partition coefficient (Wildman–Crippen LogP) is 5.00. The molecule has 0 amide bonds. The van der Waals surface area contributed by atoms with E-state index in [4.69, 9.17) is 16.7 Å². The average Bonchev–Trinajstić information content (AvgIpc) is 2.97. The molecule has 0 aliphatic heterocycles. The second-order valence-corrected chi connectivity index (χ2v) is 7.32. The highest BCUT2D eigenvalue weighted by molar-refractivity contribution is 6.31. The van der Waals surface area contributed by atoms with Gasteiger partial charge in [0.2, 0.25) is 0 Å². The number of hydrogen-bond acceptors (Lipinski definition) is 2. The van der Waals surface area contributed by atoms with Gasteiger partial charge in [-0.15, -0.1) is 0 Å². The Morgan fingerprint density at radius 1 is 1.08 bits per heavy atom. The molecular formula is C22H21ClN2O. The van der Waals surface area contributed by atoms with Gasteiger partial charge >= 0.3 is 0 Å². The van der Waals surface area contributed by atoms with E-state index < -0.39 is 0 Å². The van der Waals surface area contributed by atoms with Crippen molar-refractivity contribution >= 4 is 17.4 Å². The summed E-state index contributed by atoms with van der Waals surface area (Å²) in [5, 5.41) is 5.50. The van der Waals surface area contributed by atoms with Crippen LogP contribution in [-0.4, -0.2) is 15.6 Å². The van der Waals surface area contributed by atoms with Crippen LogP contribution >= 0.6 is 11.6 Å². The minimum Gasteiger partial charge on any atom is -0.294 e. The summed E-state index contributed by atoms with van der Waals surface area (Å²) in [6, 6.07) is 18.2. The van der Waals surface area contributed by atoms with E-state index >= 15 is 0 Å². The van der Waals surface area contributed by atoms with E-state index in [0.717, 1.165) is 46.9 Å². The van der Waals surface area contributed by atoms with E-state index in [2.05, 4.69) is 12.1 Å². The zero-order chi connectivity index (χ0) is 18.1. The molecule has 1 unspecified atom stereocenters. The summed E-state index contributed by atoms with van der Waals surface area (Å²) in [5.41, 5.74) is 5.04. The Morgan fingerprint density at radius 3 is 2.58 bits per heavy atom. The van der Waals surface area contributed by atoms with Crippen molar-refractivity contribution in [2.75, 3.05) is 0 Å². The first-order valence-electron chi connectivity index (χ1n) is 9.01. The Balaban J connectivity index is 1.59. The van der Waals surface area contributed by atoms with Gasteiger partial charge in [-0.05, 0) is 42.9 Å². The Labute approximate surface area is 158 Å². The number of carbonyl (C=O) groups excluding carboxylic acids is 1. The van der Waals surface area contributed by atoms with Gasteiger partial charge in [-0.2, -0.15) is 5.10 Å². The van der Waals surface area contributed by atoms with Crippen LogP contribution in [0.4, 0.5) is 0 Å². The van der Waals surface area contributed by atoms with Crippen LogP contribution in [0.5, 0.6) is 0 Å². The van der Waals surface area contributed by atoms with E-state index in [1.54, 1.807) is 0 Å². The van der Waals surface area contributed by atoms with Gasteiger partial charge in [0.15, 0.2) is 5.78 Å². The number of Topliss-reactive ketones (excluding diaryl/α,β-unsaturated/α-hetero) is 1. The van der Waals surface area contributed by atoms with Gasteiger partial charge in [-0.1, -0.05) is 60.1 Å². The van der Waals surface area contributed by atoms with Crippen molar-refractivity contribution in [3.8, 4) is 0 Å². The Bertz CT molecular complexity index is 946. The number of nitrogens with zero attached hydrogens (tertiary/aromatic N) is 2. The van der Waals surface area contributed by atoms with E-state index in [-0.39, 0.29) is 11.7 Å². The molecule has 1 aromatic heterocycles. The van der Waals surface area contributed by atoms with Crippen LogP contribution in [0, 0.1) is 6.92 Å². The Hall–Kier alpha value is -2.39. The van der Waals surface area contributed by atoms with Crippen LogP contribution < -0.4 is 0 Å².